The molecule has 2 heterocycles. The number of pyridine rings is 2. The first kappa shape index (κ1) is 38.3. The van der Waals surface area contributed by atoms with Gasteiger partial charge < -0.3 is 11.1 Å². The summed E-state index contributed by atoms with van der Waals surface area (Å²) in [4.78, 5) is 6.65. The third-order valence-corrected chi connectivity index (χ3v) is 10.0. The van der Waals surface area contributed by atoms with Gasteiger partial charge in [0.2, 0.25) is 5.11 Å². The first-order chi connectivity index (χ1) is 17.6. The zero-order valence-corrected chi connectivity index (χ0v) is 27.2. The minimum Gasteiger partial charge on any atom is -0.374 e. The second kappa shape index (κ2) is 15.0. The molecule has 8 nitrogen and oxygen atoms in total. The Bertz CT molecular complexity index is 1420. The summed E-state index contributed by atoms with van der Waals surface area (Å²) in [6.07, 6.45) is -4.15. The molecule has 19 heteroatoms. The molecule has 0 fully saturated rings. The summed E-state index contributed by atoms with van der Waals surface area (Å²) in [5, 5.41) is 1.18. The Morgan fingerprint density at radius 2 is 1.20 bits per heavy atom. The van der Waals surface area contributed by atoms with Gasteiger partial charge in [-0.05, 0) is 61.5 Å². The van der Waals surface area contributed by atoms with Crippen LogP contribution in [-0.2, 0) is 31.8 Å². The molecular formula is C21H27F6IN6O2S4. The molecule has 0 aliphatic heterocycles. The van der Waals surface area contributed by atoms with E-state index in [1.54, 1.807) is 20.9 Å². The van der Waals surface area contributed by atoms with Crippen LogP contribution in [0.5, 0.6) is 0 Å². The van der Waals surface area contributed by atoms with Gasteiger partial charge in [0.15, 0.2) is 5.11 Å². The minimum absolute atomic E-state index is 0. The number of thiocarbonyl (C=S) groups is 2. The van der Waals surface area contributed by atoms with Gasteiger partial charge in [-0.25, -0.2) is 8.42 Å². The molecule has 0 aliphatic rings. The van der Waals surface area contributed by atoms with E-state index in [1.165, 1.54) is 24.6 Å². The van der Waals surface area contributed by atoms with Gasteiger partial charge in [0.1, 0.15) is 11.4 Å². The van der Waals surface area contributed by atoms with E-state index >= 15 is 0 Å². The molecule has 0 aromatic carbocycles. The molecule has 40 heavy (non-hydrogen) atoms. The summed E-state index contributed by atoms with van der Waals surface area (Å²) < 4.78 is 106. The maximum Gasteiger partial charge on any atom is 0.433 e. The average Bonchev–Trinajstić information content (AvgIpc) is 2.81. The highest BCUT2D eigenvalue weighted by atomic mass is 127. The van der Waals surface area contributed by atoms with E-state index in [-0.39, 0.29) is 34.2 Å². The van der Waals surface area contributed by atoms with E-state index in [9.17, 15) is 34.8 Å². The van der Waals surface area contributed by atoms with Gasteiger partial charge in [0.25, 0.3) is 0 Å². The summed E-state index contributed by atoms with van der Waals surface area (Å²) in [5.41, 5.74) is 3.99. The van der Waals surface area contributed by atoms with E-state index in [2.05, 4.69) is 36.2 Å². The van der Waals surface area contributed by atoms with E-state index in [0.29, 0.717) is 11.1 Å². The minimum atomic E-state index is -4.50. The van der Waals surface area contributed by atoms with Crippen molar-refractivity contribution in [2.45, 2.75) is 36.7 Å². The first-order valence-electron chi connectivity index (χ1n) is 10.6. The van der Waals surface area contributed by atoms with Gasteiger partial charge in [-0.2, -0.15) is 35.1 Å². The quantitative estimate of drug-likeness (QED) is 0.225. The number of halogens is 7. The molecular weight excluding hydrogens is 737 g/mol. The molecule has 3 N–H and O–H groups in total. The summed E-state index contributed by atoms with van der Waals surface area (Å²) >= 11 is 9.37. The van der Waals surface area contributed by atoms with E-state index in [0.717, 1.165) is 24.5 Å². The van der Waals surface area contributed by atoms with Crippen LogP contribution in [0.15, 0.2) is 45.4 Å². The Morgan fingerprint density at radius 1 is 0.850 bits per heavy atom. The Hall–Kier alpha value is -1.71. The third kappa shape index (κ3) is 11.6. The van der Waals surface area contributed by atoms with Crippen LogP contribution in [0.4, 0.5) is 26.3 Å². The second-order valence-corrected chi connectivity index (χ2v) is 14.1. The van der Waals surface area contributed by atoms with Crippen LogP contribution in [0, 0.1) is 0 Å². The fourth-order valence-electron chi connectivity index (χ4n) is 2.68. The van der Waals surface area contributed by atoms with E-state index in [4.69, 9.17) is 18.0 Å². The summed E-state index contributed by atoms with van der Waals surface area (Å²) in [6.45, 7) is 3.17. The smallest absolute Gasteiger partial charge is 0.374 e. The molecule has 0 radical (unpaired) electrons. The highest BCUT2D eigenvalue weighted by Crippen LogP contribution is 2.30. The normalized spacial score (nSPS) is 15.9. The molecule has 2 aromatic heterocycles. The first-order valence-corrected chi connectivity index (χ1v) is 15.4. The summed E-state index contributed by atoms with van der Waals surface area (Å²) in [5.74, 6) is 0. The molecule has 0 spiro atoms. The zero-order chi connectivity index (χ0) is 30.4. The number of rotatable bonds is 4. The molecule has 2 aromatic rings. The van der Waals surface area contributed by atoms with Gasteiger partial charge >= 0.3 is 12.4 Å². The number of aromatic nitrogens is 2. The van der Waals surface area contributed by atoms with Gasteiger partial charge in [-0.3, -0.25) is 9.97 Å². The highest BCUT2D eigenvalue weighted by Gasteiger charge is 2.33. The van der Waals surface area contributed by atoms with Crippen LogP contribution in [0.25, 0.3) is 0 Å². The van der Waals surface area contributed by atoms with Gasteiger partial charge in [0, 0.05) is 32.0 Å². The molecule has 0 aliphatic carbocycles. The fourth-order valence-corrected chi connectivity index (χ4v) is 5.95. The van der Waals surface area contributed by atoms with Crippen LogP contribution in [-0.4, -0.2) is 48.2 Å². The topological polar surface area (TPSA) is 123 Å². The molecule has 2 rings (SSSR count). The Morgan fingerprint density at radius 3 is 1.45 bits per heavy atom. The zero-order valence-electron chi connectivity index (χ0n) is 21.6. The number of nitrogens with one attached hydrogen (secondary N) is 1. The molecule has 0 saturated carbocycles. The molecule has 0 saturated heterocycles. The highest BCUT2D eigenvalue weighted by molar-refractivity contribution is 14.0. The second-order valence-electron chi connectivity index (χ2n) is 8.03. The average molecular weight is 765 g/mol. The van der Waals surface area contributed by atoms with Crippen molar-refractivity contribution in [2.24, 2.45) is 14.5 Å². The van der Waals surface area contributed by atoms with E-state index < -0.39 is 53.7 Å². The van der Waals surface area contributed by atoms with Crippen molar-refractivity contribution in [3.8, 4) is 0 Å². The van der Waals surface area contributed by atoms with Crippen molar-refractivity contribution in [1.82, 2.24) is 15.3 Å². The van der Waals surface area contributed by atoms with Crippen LogP contribution in [0.3, 0.4) is 0 Å². The van der Waals surface area contributed by atoms with Crippen molar-refractivity contribution in [3.63, 3.8) is 0 Å². The summed E-state index contributed by atoms with van der Waals surface area (Å²) in [6, 6.07) is 4.17. The molecule has 4 unspecified atom stereocenters. The molecule has 226 valence electrons. The predicted molar refractivity (Wildman–Crippen MR) is 162 cm³/mol. The summed E-state index contributed by atoms with van der Waals surface area (Å²) in [7, 11) is -3.95. The lowest BCUT2D eigenvalue weighted by atomic mass is 10.2. The lowest BCUT2D eigenvalue weighted by Gasteiger charge is -2.15. The Balaban J connectivity index is 0.000000743. The van der Waals surface area contributed by atoms with Crippen molar-refractivity contribution in [2.75, 3.05) is 19.6 Å². The standard InChI is InChI=1S/C11H14F3N3OS2.C10H12F3N3OS2.HI/c1-7(20(3,18)17-10(19)15-2)8-4-5-9(16-6-8)11(12,13)14;1-6(19(2,17)16-9(14)18)7-3-4-8(15-5-7)10(11,12)13;/h4-7H,1-3H3,(H,15,19);3-6H,1-2H3,(H2,14,18);1H. The largest absolute Gasteiger partial charge is 0.433 e. The van der Waals surface area contributed by atoms with Crippen LogP contribution in [0.2, 0.25) is 0 Å². The molecule has 4 atom stereocenters. The van der Waals surface area contributed by atoms with Crippen molar-refractivity contribution in [1.29, 1.82) is 0 Å². The van der Waals surface area contributed by atoms with Crippen LogP contribution < -0.4 is 11.1 Å². The number of hydrogen-bond acceptors (Lipinski definition) is 6. The SMILES string of the molecule is CC(c1ccc(C(F)(F)F)nc1)S(C)(=O)=NC(N)=S.CNC(=S)N=S(C)(=O)C(C)c1ccc(C(F)(F)F)nc1.I. The number of alkyl halides is 6. The molecule has 0 amide bonds. The van der Waals surface area contributed by atoms with Gasteiger partial charge in [-0.1, -0.05) is 12.1 Å². The van der Waals surface area contributed by atoms with Crippen molar-refractivity contribution in [3.05, 3.63) is 59.2 Å². The Labute approximate surface area is 256 Å². The van der Waals surface area contributed by atoms with E-state index in [1.807, 2.05) is 0 Å². The number of nitrogens with zero attached hydrogens (tertiary/aromatic N) is 4. The fraction of sp³-hybridized carbons (Fsp3) is 0.429. The third-order valence-electron chi connectivity index (χ3n) is 5.15. The van der Waals surface area contributed by atoms with Gasteiger partial charge in [-0.15, -0.1) is 24.0 Å². The number of hydrogen-bond donors (Lipinski definition) is 2. The van der Waals surface area contributed by atoms with Crippen molar-refractivity contribution < 1.29 is 34.8 Å². The van der Waals surface area contributed by atoms with Crippen LogP contribution in [0.1, 0.15) is 46.9 Å². The maximum atomic E-state index is 12.4. The monoisotopic (exact) mass is 764 g/mol. The Kier molecular flexibility index (Phi) is 14.3. The lowest BCUT2D eigenvalue weighted by Crippen LogP contribution is -2.18. The van der Waals surface area contributed by atoms with Gasteiger partial charge in [0.05, 0.1) is 30.0 Å². The van der Waals surface area contributed by atoms with Crippen molar-refractivity contribution >= 4 is 78.1 Å². The lowest BCUT2D eigenvalue weighted by molar-refractivity contribution is -0.142. The predicted octanol–water partition coefficient (Wildman–Crippen LogP) is 5.88. The van der Waals surface area contributed by atoms with Crippen LogP contribution >= 0.6 is 48.4 Å². The maximum absolute atomic E-state index is 12.4. The molecule has 0 bridgehead atoms. The number of nitrogens with two attached hydrogens (primary N) is 1.